The number of thioether (sulfide) groups is 1. The van der Waals surface area contributed by atoms with Gasteiger partial charge in [-0.2, -0.15) is 0 Å². The van der Waals surface area contributed by atoms with Crippen LogP contribution >= 0.6 is 11.8 Å². The van der Waals surface area contributed by atoms with E-state index >= 15 is 0 Å². The highest BCUT2D eigenvalue weighted by Crippen LogP contribution is 2.27. The summed E-state index contributed by atoms with van der Waals surface area (Å²) in [5, 5.41) is 9.00. The predicted molar refractivity (Wildman–Crippen MR) is 92.6 cm³/mol. The average Bonchev–Trinajstić information content (AvgIpc) is 3.12. The summed E-state index contributed by atoms with van der Waals surface area (Å²) in [4.78, 5) is 4.22. The molecule has 124 valence electrons. The van der Waals surface area contributed by atoms with Crippen molar-refractivity contribution in [3.63, 3.8) is 0 Å². The summed E-state index contributed by atoms with van der Waals surface area (Å²) < 4.78 is 12.6. The van der Waals surface area contributed by atoms with Crippen LogP contribution in [0.25, 0.3) is 5.69 Å². The van der Waals surface area contributed by atoms with E-state index in [4.69, 9.17) is 9.47 Å². The van der Waals surface area contributed by atoms with Gasteiger partial charge in [-0.1, -0.05) is 42.1 Å². The van der Waals surface area contributed by atoms with E-state index < -0.39 is 0 Å². The highest BCUT2D eigenvalue weighted by Gasteiger charge is 2.14. The summed E-state index contributed by atoms with van der Waals surface area (Å²) in [5.74, 6) is 1.31. The molecular weight excluding hydrogens is 324 g/mol. The van der Waals surface area contributed by atoms with Crippen LogP contribution in [-0.4, -0.2) is 39.7 Å². The molecular formula is C17H18N4O2S. The van der Waals surface area contributed by atoms with Gasteiger partial charge in [0.25, 0.3) is 0 Å². The molecule has 0 saturated heterocycles. The van der Waals surface area contributed by atoms with E-state index in [0.717, 1.165) is 22.2 Å². The van der Waals surface area contributed by atoms with Gasteiger partial charge in [-0.3, -0.25) is 4.57 Å². The molecule has 0 radical (unpaired) electrons. The van der Waals surface area contributed by atoms with Crippen molar-refractivity contribution in [1.82, 2.24) is 19.7 Å². The predicted octanol–water partition coefficient (Wildman–Crippen LogP) is 3.15. The van der Waals surface area contributed by atoms with Gasteiger partial charge >= 0.3 is 0 Å². The van der Waals surface area contributed by atoms with E-state index in [1.54, 1.807) is 38.5 Å². The lowest BCUT2D eigenvalue weighted by Gasteiger charge is -2.15. The SMILES string of the molecule is COc1ccc(-n2cnnc2SCC(OC)c2ccccc2)cn1. The zero-order valence-corrected chi connectivity index (χ0v) is 14.3. The van der Waals surface area contributed by atoms with Crippen molar-refractivity contribution in [2.24, 2.45) is 0 Å². The van der Waals surface area contributed by atoms with Gasteiger partial charge in [-0.25, -0.2) is 4.98 Å². The van der Waals surface area contributed by atoms with Crippen LogP contribution < -0.4 is 4.74 Å². The summed E-state index contributed by atoms with van der Waals surface area (Å²) in [5.41, 5.74) is 2.03. The van der Waals surface area contributed by atoms with Gasteiger partial charge in [0, 0.05) is 18.9 Å². The minimum Gasteiger partial charge on any atom is -0.481 e. The summed E-state index contributed by atoms with van der Waals surface area (Å²) in [6.07, 6.45) is 3.41. The number of aromatic nitrogens is 4. The fraction of sp³-hybridized carbons (Fsp3) is 0.235. The third kappa shape index (κ3) is 3.74. The van der Waals surface area contributed by atoms with Crippen molar-refractivity contribution >= 4 is 11.8 Å². The average molecular weight is 342 g/mol. The largest absolute Gasteiger partial charge is 0.481 e. The van der Waals surface area contributed by atoms with E-state index in [1.165, 1.54) is 0 Å². The van der Waals surface area contributed by atoms with Crippen LogP contribution in [0.3, 0.4) is 0 Å². The molecule has 0 saturated carbocycles. The maximum atomic E-state index is 5.60. The fourth-order valence-electron chi connectivity index (χ4n) is 2.25. The van der Waals surface area contributed by atoms with Crippen molar-refractivity contribution in [3.8, 4) is 11.6 Å². The molecule has 0 bridgehead atoms. The molecule has 1 unspecified atom stereocenters. The van der Waals surface area contributed by atoms with Crippen LogP contribution in [0.4, 0.5) is 0 Å². The second-order valence-corrected chi connectivity index (χ2v) is 5.98. The molecule has 0 amide bonds. The zero-order chi connectivity index (χ0) is 16.8. The van der Waals surface area contributed by atoms with Crippen molar-refractivity contribution in [2.45, 2.75) is 11.3 Å². The minimum atomic E-state index is -0.00431. The van der Waals surface area contributed by atoms with Gasteiger partial charge < -0.3 is 9.47 Å². The molecule has 0 N–H and O–H groups in total. The van der Waals surface area contributed by atoms with Gasteiger partial charge in [0.2, 0.25) is 5.88 Å². The molecule has 3 rings (SSSR count). The maximum absolute atomic E-state index is 5.60. The molecule has 6 nitrogen and oxygen atoms in total. The first kappa shape index (κ1) is 16.5. The lowest BCUT2D eigenvalue weighted by molar-refractivity contribution is 0.123. The summed E-state index contributed by atoms with van der Waals surface area (Å²) in [6, 6.07) is 13.9. The van der Waals surface area contributed by atoms with Crippen molar-refractivity contribution in [2.75, 3.05) is 20.0 Å². The van der Waals surface area contributed by atoms with E-state index in [0.29, 0.717) is 5.88 Å². The Morgan fingerprint density at radius 1 is 1.12 bits per heavy atom. The number of nitrogens with zero attached hydrogens (tertiary/aromatic N) is 4. The third-order valence-corrected chi connectivity index (χ3v) is 4.55. The Hall–Kier alpha value is -2.38. The normalized spacial score (nSPS) is 12.1. The third-order valence-electron chi connectivity index (χ3n) is 3.54. The number of hydrogen-bond acceptors (Lipinski definition) is 6. The second kappa shape index (κ2) is 7.94. The monoisotopic (exact) mass is 342 g/mol. The molecule has 1 aromatic carbocycles. The zero-order valence-electron chi connectivity index (χ0n) is 13.5. The van der Waals surface area contributed by atoms with Gasteiger partial charge in [-0.15, -0.1) is 10.2 Å². The first-order valence-electron chi connectivity index (χ1n) is 7.43. The van der Waals surface area contributed by atoms with Gasteiger partial charge in [-0.05, 0) is 11.6 Å². The molecule has 0 aliphatic carbocycles. The van der Waals surface area contributed by atoms with Crippen LogP contribution in [0.5, 0.6) is 5.88 Å². The molecule has 24 heavy (non-hydrogen) atoms. The highest BCUT2D eigenvalue weighted by molar-refractivity contribution is 7.99. The highest BCUT2D eigenvalue weighted by atomic mass is 32.2. The van der Waals surface area contributed by atoms with E-state index in [2.05, 4.69) is 27.3 Å². The molecule has 0 aliphatic heterocycles. The Morgan fingerprint density at radius 3 is 2.62 bits per heavy atom. The van der Waals surface area contributed by atoms with Crippen molar-refractivity contribution in [3.05, 3.63) is 60.6 Å². The number of benzene rings is 1. The Labute approximate surface area is 144 Å². The fourth-order valence-corrected chi connectivity index (χ4v) is 3.28. The van der Waals surface area contributed by atoms with Gasteiger partial charge in [0.05, 0.1) is 25.1 Å². The Kier molecular flexibility index (Phi) is 5.45. The Balaban J connectivity index is 1.73. The molecule has 1 atom stereocenters. The number of hydrogen-bond donors (Lipinski definition) is 0. The topological polar surface area (TPSA) is 62.1 Å². The summed E-state index contributed by atoms with van der Waals surface area (Å²) in [7, 11) is 3.31. The lowest BCUT2D eigenvalue weighted by Crippen LogP contribution is -2.05. The van der Waals surface area contributed by atoms with Crippen LogP contribution in [0.15, 0.2) is 60.1 Å². The molecule has 3 aromatic rings. The number of ether oxygens (including phenoxy) is 2. The van der Waals surface area contributed by atoms with E-state index in [1.807, 2.05) is 34.9 Å². The number of methoxy groups -OCH3 is 2. The Morgan fingerprint density at radius 2 is 1.96 bits per heavy atom. The number of rotatable bonds is 7. The molecule has 0 fully saturated rings. The van der Waals surface area contributed by atoms with Crippen LogP contribution in [0.1, 0.15) is 11.7 Å². The Bertz CT molecular complexity index is 762. The minimum absolute atomic E-state index is 0.00431. The van der Waals surface area contributed by atoms with Crippen LogP contribution in [0, 0.1) is 0 Å². The van der Waals surface area contributed by atoms with Crippen LogP contribution in [0.2, 0.25) is 0 Å². The van der Waals surface area contributed by atoms with Crippen molar-refractivity contribution < 1.29 is 9.47 Å². The second-order valence-electron chi connectivity index (χ2n) is 4.99. The molecule has 0 spiro atoms. The number of pyridine rings is 1. The van der Waals surface area contributed by atoms with Gasteiger partial charge in [0.1, 0.15) is 6.33 Å². The standard InChI is InChI=1S/C17H18N4O2S/c1-22-15(13-6-4-3-5-7-13)11-24-17-20-19-12-21(17)14-8-9-16(23-2)18-10-14/h3-10,12,15H,11H2,1-2H3. The smallest absolute Gasteiger partial charge is 0.213 e. The van der Waals surface area contributed by atoms with E-state index in [9.17, 15) is 0 Å². The van der Waals surface area contributed by atoms with E-state index in [-0.39, 0.29) is 6.10 Å². The lowest BCUT2D eigenvalue weighted by atomic mass is 10.1. The maximum Gasteiger partial charge on any atom is 0.213 e. The molecule has 7 heteroatoms. The quantitative estimate of drug-likeness (QED) is 0.615. The first-order valence-corrected chi connectivity index (χ1v) is 8.41. The van der Waals surface area contributed by atoms with Crippen LogP contribution in [-0.2, 0) is 4.74 Å². The summed E-state index contributed by atoms with van der Waals surface area (Å²) >= 11 is 1.59. The molecule has 0 aliphatic rings. The first-order chi connectivity index (χ1) is 11.8. The molecule has 2 heterocycles. The van der Waals surface area contributed by atoms with Gasteiger partial charge in [0.15, 0.2) is 5.16 Å². The van der Waals surface area contributed by atoms with Crippen molar-refractivity contribution in [1.29, 1.82) is 0 Å². The summed E-state index contributed by atoms with van der Waals surface area (Å²) in [6.45, 7) is 0. The molecule has 2 aromatic heterocycles.